The maximum absolute atomic E-state index is 14.6. The number of carboxylic acid groups (broad SMARTS) is 1. The molecule has 2 bridgehead atoms. The molecule has 218 valence electrons. The molecule has 4 aliphatic rings. The summed E-state index contributed by atoms with van der Waals surface area (Å²) in [4.78, 5) is 18.3. The van der Waals surface area contributed by atoms with E-state index >= 15 is 0 Å². The van der Waals surface area contributed by atoms with E-state index in [-0.39, 0.29) is 22.6 Å². The van der Waals surface area contributed by atoms with Gasteiger partial charge in [-0.3, -0.25) is 0 Å². The summed E-state index contributed by atoms with van der Waals surface area (Å²) in [5, 5.41) is 15.6. The third-order valence-electron chi connectivity index (χ3n) is 9.97. The average molecular weight is 629 g/mol. The highest BCUT2D eigenvalue weighted by Gasteiger charge is 2.60. The van der Waals surface area contributed by atoms with Crippen molar-refractivity contribution in [3.8, 4) is 11.3 Å². The Balaban J connectivity index is 0.969. The van der Waals surface area contributed by atoms with Gasteiger partial charge in [-0.1, -0.05) is 45.8 Å². The number of thiazole rings is 1. The van der Waals surface area contributed by atoms with Crippen molar-refractivity contribution in [1.82, 2.24) is 10.1 Å². The molecule has 1 aliphatic heterocycles. The van der Waals surface area contributed by atoms with Crippen molar-refractivity contribution in [2.75, 3.05) is 18.0 Å². The van der Waals surface area contributed by atoms with Crippen LogP contribution in [0.15, 0.2) is 34.9 Å². The van der Waals surface area contributed by atoms with Crippen molar-refractivity contribution in [1.29, 1.82) is 0 Å². The van der Waals surface area contributed by atoms with Crippen LogP contribution < -0.4 is 4.90 Å². The Morgan fingerprint density at radius 1 is 1.14 bits per heavy atom. The molecular weight excluding hydrogens is 600 g/mol. The molecule has 1 saturated heterocycles. The summed E-state index contributed by atoms with van der Waals surface area (Å²) in [7, 11) is 0. The van der Waals surface area contributed by atoms with Gasteiger partial charge in [0.05, 0.1) is 33.0 Å². The van der Waals surface area contributed by atoms with Crippen LogP contribution >= 0.6 is 34.5 Å². The predicted octanol–water partition coefficient (Wildman–Crippen LogP) is 8.18. The van der Waals surface area contributed by atoms with Gasteiger partial charge in [-0.15, -0.1) is 0 Å². The Hall–Kier alpha value is -2.72. The van der Waals surface area contributed by atoms with Crippen LogP contribution in [0.2, 0.25) is 10.0 Å². The highest BCUT2D eigenvalue weighted by molar-refractivity contribution is 7.22. The molecule has 3 saturated carbocycles. The molecule has 3 aliphatic carbocycles. The molecule has 42 heavy (non-hydrogen) atoms. The van der Waals surface area contributed by atoms with Crippen LogP contribution in [-0.2, 0) is 11.3 Å². The van der Waals surface area contributed by atoms with Crippen LogP contribution in [0.5, 0.6) is 0 Å². The van der Waals surface area contributed by atoms with E-state index in [4.69, 9.17) is 32.5 Å². The zero-order valence-corrected chi connectivity index (χ0v) is 24.9. The van der Waals surface area contributed by atoms with Gasteiger partial charge in [0.15, 0.2) is 10.9 Å². The maximum atomic E-state index is 14.6. The Morgan fingerprint density at radius 3 is 2.52 bits per heavy atom. The third-order valence-corrected chi connectivity index (χ3v) is 11.7. The molecule has 2 aromatic carbocycles. The SMILES string of the molecule is O=C(O)c1cc(F)c2nc(N3C[C@H]4CC[C@@H](C3)C43CC(OCc4c(-c5c(Cl)cccc5Cl)noc4C4CC4)C3)sc2c1. The molecule has 11 heteroatoms. The fourth-order valence-corrected chi connectivity index (χ4v) is 9.29. The van der Waals surface area contributed by atoms with Gasteiger partial charge >= 0.3 is 5.97 Å². The minimum atomic E-state index is -1.14. The second-order valence-electron chi connectivity index (χ2n) is 12.3. The number of halogens is 3. The van der Waals surface area contributed by atoms with E-state index in [9.17, 15) is 14.3 Å². The van der Waals surface area contributed by atoms with Crippen LogP contribution in [-0.4, -0.2) is 40.4 Å². The second-order valence-corrected chi connectivity index (χ2v) is 14.1. The first-order chi connectivity index (χ1) is 20.3. The summed E-state index contributed by atoms with van der Waals surface area (Å²) in [5.74, 6) is 0.606. The number of fused-ring (bicyclic) bond motifs is 1. The molecule has 2 aromatic heterocycles. The normalized spacial score (nSPS) is 26.7. The Labute approximate surface area is 255 Å². The number of piperidine rings is 1. The van der Waals surface area contributed by atoms with Crippen LogP contribution in [0.1, 0.15) is 66.1 Å². The van der Waals surface area contributed by atoms with Crippen LogP contribution in [0.3, 0.4) is 0 Å². The van der Waals surface area contributed by atoms with Crippen molar-refractivity contribution in [3.63, 3.8) is 0 Å². The number of aromatic carboxylic acids is 1. The van der Waals surface area contributed by atoms with Gasteiger partial charge in [0.1, 0.15) is 17.0 Å². The van der Waals surface area contributed by atoms with E-state index in [1.165, 1.54) is 30.2 Å². The van der Waals surface area contributed by atoms with E-state index in [0.717, 1.165) is 61.3 Å². The molecule has 0 radical (unpaired) electrons. The topological polar surface area (TPSA) is 88.7 Å². The first-order valence-electron chi connectivity index (χ1n) is 14.4. The second kappa shape index (κ2) is 9.91. The fraction of sp³-hybridized carbons (Fsp3) is 0.452. The number of rotatable bonds is 7. The maximum Gasteiger partial charge on any atom is 0.335 e. The van der Waals surface area contributed by atoms with Crippen molar-refractivity contribution in [2.24, 2.45) is 17.3 Å². The largest absolute Gasteiger partial charge is 0.478 e. The smallest absolute Gasteiger partial charge is 0.335 e. The highest BCUT2D eigenvalue weighted by atomic mass is 35.5. The quantitative estimate of drug-likeness (QED) is 0.221. The van der Waals surface area contributed by atoms with Crippen molar-refractivity contribution in [3.05, 3.63) is 63.1 Å². The number of ether oxygens (including phenoxy) is 1. The molecule has 4 aromatic rings. The first kappa shape index (κ1) is 26.9. The lowest BCUT2D eigenvalue weighted by molar-refractivity contribution is -0.128. The molecule has 0 amide bonds. The summed E-state index contributed by atoms with van der Waals surface area (Å²) in [6.45, 7) is 2.18. The van der Waals surface area contributed by atoms with Crippen LogP contribution in [0.25, 0.3) is 21.5 Å². The predicted molar refractivity (Wildman–Crippen MR) is 159 cm³/mol. The average Bonchev–Trinajstić information content (AvgIpc) is 3.49. The number of carbonyl (C=O) groups is 1. The van der Waals surface area contributed by atoms with E-state index in [0.29, 0.717) is 50.4 Å². The van der Waals surface area contributed by atoms with E-state index in [2.05, 4.69) is 15.0 Å². The van der Waals surface area contributed by atoms with Crippen molar-refractivity contribution in [2.45, 2.75) is 57.2 Å². The summed E-state index contributed by atoms with van der Waals surface area (Å²) >= 11 is 14.4. The monoisotopic (exact) mass is 627 g/mol. The Kier molecular flexibility index (Phi) is 6.34. The van der Waals surface area contributed by atoms with Crippen molar-refractivity contribution < 1.29 is 23.6 Å². The van der Waals surface area contributed by atoms with Gasteiger partial charge in [-0.25, -0.2) is 14.2 Å². The molecular formula is C31H28Cl2FN3O4S. The molecule has 1 spiro atoms. The molecule has 7 nitrogen and oxygen atoms in total. The van der Waals surface area contributed by atoms with E-state index < -0.39 is 11.8 Å². The van der Waals surface area contributed by atoms with Gasteiger partial charge in [0.2, 0.25) is 0 Å². The zero-order chi connectivity index (χ0) is 28.7. The van der Waals surface area contributed by atoms with Gasteiger partial charge in [0, 0.05) is 30.1 Å². The van der Waals surface area contributed by atoms with Gasteiger partial charge in [-0.2, -0.15) is 0 Å². The number of carboxylic acids is 1. The first-order valence-corrected chi connectivity index (χ1v) is 16.0. The number of benzene rings is 2. The Morgan fingerprint density at radius 2 is 1.86 bits per heavy atom. The lowest BCUT2D eigenvalue weighted by Gasteiger charge is -2.56. The van der Waals surface area contributed by atoms with Crippen LogP contribution in [0, 0.1) is 23.1 Å². The molecule has 8 rings (SSSR count). The molecule has 1 N–H and O–H groups in total. The lowest BCUT2D eigenvalue weighted by atomic mass is 9.55. The lowest BCUT2D eigenvalue weighted by Crippen LogP contribution is -2.57. The van der Waals surface area contributed by atoms with Gasteiger partial charge in [0.25, 0.3) is 0 Å². The van der Waals surface area contributed by atoms with Crippen molar-refractivity contribution >= 4 is 55.9 Å². The standard InChI is InChI=1S/C31H28Cl2FN3O4S/c32-21-2-1-3-22(33)25(21)26-20(28(41-36-26)15-4-5-15)14-40-19-10-31(11-19)17-6-7-18(31)13-37(12-17)30-35-27-23(34)8-16(29(38)39)9-24(27)42-30/h1-3,8-9,15,17-19H,4-7,10-14H2,(H,38,39)/t17-,18+,19?,31?. The number of hydrogen-bond acceptors (Lipinski definition) is 7. The van der Waals surface area contributed by atoms with E-state index in [1.807, 2.05) is 18.2 Å². The minimum Gasteiger partial charge on any atom is -0.478 e. The molecule has 4 fully saturated rings. The van der Waals surface area contributed by atoms with E-state index in [1.54, 1.807) is 0 Å². The minimum absolute atomic E-state index is 0.0501. The van der Waals surface area contributed by atoms with Gasteiger partial charge in [-0.05, 0) is 80.0 Å². The fourth-order valence-electron chi connectivity index (χ4n) is 7.68. The molecule has 3 heterocycles. The van der Waals surface area contributed by atoms with Crippen LogP contribution in [0.4, 0.5) is 9.52 Å². The number of nitrogens with zero attached hydrogens (tertiary/aromatic N) is 3. The van der Waals surface area contributed by atoms with Gasteiger partial charge < -0.3 is 19.3 Å². The summed E-state index contributed by atoms with van der Waals surface area (Å²) in [6.07, 6.45) is 6.74. The Bertz CT molecular complexity index is 1690. The summed E-state index contributed by atoms with van der Waals surface area (Å²) in [6, 6.07) is 8.02. The summed E-state index contributed by atoms with van der Waals surface area (Å²) < 4.78 is 27.5. The highest BCUT2D eigenvalue weighted by Crippen LogP contribution is 2.63. The summed E-state index contributed by atoms with van der Waals surface area (Å²) in [5.41, 5.74) is 2.80. The molecule has 2 atom stereocenters. The number of anilines is 1. The number of hydrogen-bond donors (Lipinski definition) is 1. The third kappa shape index (κ3) is 4.26. The number of aromatic nitrogens is 2. The zero-order valence-electron chi connectivity index (χ0n) is 22.6. The molecule has 0 unspecified atom stereocenters.